The van der Waals surface area contributed by atoms with Crippen molar-refractivity contribution in [2.75, 3.05) is 18.5 Å². The van der Waals surface area contributed by atoms with Crippen LogP contribution in [0.5, 0.6) is 0 Å². The second-order valence-electron chi connectivity index (χ2n) is 5.88. The molecule has 0 aliphatic carbocycles. The van der Waals surface area contributed by atoms with Crippen LogP contribution in [0.4, 0.5) is 14.9 Å². The maximum Gasteiger partial charge on any atom is 0.408 e. The molecular weight excluding hydrogens is 367 g/mol. The number of rotatable bonds is 11. The number of aryl methyl sites for hydroxylation is 1. The molecule has 0 radical (unpaired) electrons. The minimum atomic E-state index is -1.08. The number of ether oxygens (including phenoxy) is 2. The van der Waals surface area contributed by atoms with Crippen molar-refractivity contribution in [2.24, 2.45) is 0 Å². The average molecular weight is 392 g/mol. The van der Waals surface area contributed by atoms with Gasteiger partial charge in [-0.15, -0.1) is 0 Å². The molecule has 0 fully saturated rings. The van der Waals surface area contributed by atoms with Crippen LogP contribution in [0.25, 0.3) is 0 Å². The Balaban J connectivity index is 2.71. The van der Waals surface area contributed by atoms with Gasteiger partial charge in [-0.05, 0) is 25.0 Å². The normalized spacial score (nSPS) is 11.1. The molecule has 0 bridgehead atoms. The van der Waals surface area contributed by atoms with E-state index >= 15 is 0 Å². The topological polar surface area (TPSA) is 93.7 Å². The molecule has 0 saturated heterocycles. The zero-order valence-electron chi connectivity index (χ0n) is 15.8. The van der Waals surface area contributed by atoms with Gasteiger partial charge in [0, 0.05) is 17.7 Å². The van der Waals surface area contributed by atoms with Gasteiger partial charge >= 0.3 is 12.1 Å². The van der Waals surface area contributed by atoms with Gasteiger partial charge in [0.2, 0.25) is 5.91 Å². The summed E-state index contributed by atoms with van der Waals surface area (Å²) in [4.78, 5) is 36.0. The number of benzene rings is 1. The molecule has 1 rings (SSSR count). The van der Waals surface area contributed by atoms with E-state index in [1.165, 1.54) is 12.2 Å². The summed E-state index contributed by atoms with van der Waals surface area (Å²) in [5, 5.41) is 4.98. The maximum atomic E-state index is 13.1. The lowest BCUT2D eigenvalue weighted by molar-refractivity contribution is -0.145. The minimum Gasteiger partial charge on any atom is -0.460 e. The van der Waals surface area contributed by atoms with Crippen LogP contribution in [-0.2, 0) is 25.7 Å². The number of carbonyl (C=O) groups excluding carboxylic acids is 3. The van der Waals surface area contributed by atoms with Crippen molar-refractivity contribution in [3.05, 3.63) is 54.6 Å². The van der Waals surface area contributed by atoms with Crippen LogP contribution < -0.4 is 10.6 Å². The fourth-order valence-corrected chi connectivity index (χ4v) is 2.22. The summed E-state index contributed by atoms with van der Waals surface area (Å²) in [5.41, 5.74) is 1.59. The smallest absolute Gasteiger partial charge is 0.408 e. The van der Waals surface area contributed by atoms with Crippen molar-refractivity contribution in [2.45, 2.75) is 32.5 Å². The molecule has 0 aromatic heterocycles. The molecule has 7 nitrogen and oxygen atoms in total. The molecule has 0 aliphatic rings. The molecule has 0 saturated carbocycles. The molecule has 0 unspecified atom stereocenters. The van der Waals surface area contributed by atoms with Crippen molar-refractivity contribution < 1.29 is 28.2 Å². The number of halogens is 1. The van der Waals surface area contributed by atoms with E-state index in [1.807, 2.05) is 6.92 Å². The minimum absolute atomic E-state index is 0.0260. The van der Waals surface area contributed by atoms with Gasteiger partial charge in [0.25, 0.3) is 0 Å². The molecule has 1 aromatic carbocycles. The summed E-state index contributed by atoms with van der Waals surface area (Å²) in [5.74, 6) is -1.15. The van der Waals surface area contributed by atoms with E-state index in [4.69, 9.17) is 9.47 Å². The Morgan fingerprint density at radius 3 is 2.50 bits per heavy atom. The van der Waals surface area contributed by atoms with Crippen LogP contribution in [0.1, 0.15) is 24.0 Å². The van der Waals surface area contributed by atoms with E-state index in [2.05, 4.69) is 23.8 Å². The molecule has 2 N–H and O–H groups in total. The largest absolute Gasteiger partial charge is 0.460 e. The number of alkyl halides is 1. The Bertz CT molecular complexity index is 721. The SMILES string of the molecule is C=CCOC(=O)N[C@@H](CCC(=O)Nc1cc(C)ccc1CF)C(=O)OCC=C. The molecular formula is C20H25FN2O5. The number of hydrogen-bond acceptors (Lipinski definition) is 5. The highest BCUT2D eigenvalue weighted by Crippen LogP contribution is 2.19. The first kappa shape index (κ1) is 22.9. The fourth-order valence-electron chi connectivity index (χ4n) is 2.22. The lowest BCUT2D eigenvalue weighted by atomic mass is 10.1. The van der Waals surface area contributed by atoms with E-state index in [-0.39, 0.29) is 26.1 Å². The van der Waals surface area contributed by atoms with Gasteiger partial charge in [-0.2, -0.15) is 0 Å². The first-order chi connectivity index (χ1) is 13.4. The standard InChI is InChI=1S/C20H25FN2O5/c1-4-10-27-19(25)16(23-20(26)28-11-5-2)8-9-18(24)22-17-12-14(3)6-7-15(17)13-21/h4-7,12,16H,1-2,8-11,13H2,3H3,(H,22,24)(H,23,26)/t16-/m0/s1. The van der Waals surface area contributed by atoms with E-state index in [0.29, 0.717) is 11.3 Å². The number of carbonyl (C=O) groups is 3. The lowest BCUT2D eigenvalue weighted by Gasteiger charge is -2.17. The molecule has 28 heavy (non-hydrogen) atoms. The average Bonchev–Trinajstić information content (AvgIpc) is 2.67. The quantitative estimate of drug-likeness (QED) is 0.446. The summed E-state index contributed by atoms with van der Waals surface area (Å²) in [6, 6.07) is 3.92. The highest BCUT2D eigenvalue weighted by Gasteiger charge is 2.24. The van der Waals surface area contributed by atoms with E-state index < -0.39 is 30.7 Å². The number of alkyl carbamates (subject to hydrolysis) is 1. The van der Waals surface area contributed by atoms with Crippen LogP contribution in [-0.4, -0.2) is 37.2 Å². The van der Waals surface area contributed by atoms with Crippen molar-refractivity contribution in [3.8, 4) is 0 Å². The van der Waals surface area contributed by atoms with Crippen LogP contribution in [0.15, 0.2) is 43.5 Å². The van der Waals surface area contributed by atoms with Gasteiger partial charge in [-0.25, -0.2) is 14.0 Å². The van der Waals surface area contributed by atoms with Gasteiger partial charge in [0.15, 0.2) is 0 Å². The maximum absolute atomic E-state index is 13.1. The van der Waals surface area contributed by atoms with Crippen LogP contribution in [0, 0.1) is 6.92 Å². The van der Waals surface area contributed by atoms with Crippen molar-refractivity contribution in [1.82, 2.24) is 5.32 Å². The fraction of sp³-hybridized carbons (Fsp3) is 0.350. The first-order valence-electron chi connectivity index (χ1n) is 8.68. The molecule has 8 heteroatoms. The van der Waals surface area contributed by atoms with Gasteiger partial charge < -0.3 is 20.1 Å². The molecule has 0 spiro atoms. The van der Waals surface area contributed by atoms with E-state index in [1.54, 1.807) is 18.2 Å². The Morgan fingerprint density at radius 1 is 1.18 bits per heavy atom. The Hall–Kier alpha value is -3.16. The third-order valence-electron chi connectivity index (χ3n) is 3.60. The number of anilines is 1. The van der Waals surface area contributed by atoms with E-state index in [9.17, 15) is 18.8 Å². The lowest BCUT2D eigenvalue weighted by Crippen LogP contribution is -2.42. The first-order valence-corrected chi connectivity index (χ1v) is 8.68. The van der Waals surface area contributed by atoms with Crippen LogP contribution >= 0.6 is 0 Å². The molecule has 1 aromatic rings. The monoisotopic (exact) mass is 392 g/mol. The predicted molar refractivity (Wildman–Crippen MR) is 103 cm³/mol. The second-order valence-corrected chi connectivity index (χ2v) is 5.88. The molecule has 2 amide bonds. The predicted octanol–water partition coefficient (Wildman–Crippen LogP) is 3.19. The zero-order chi connectivity index (χ0) is 20.9. The van der Waals surface area contributed by atoms with Gasteiger partial charge in [0.1, 0.15) is 25.9 Å². The summed E-state index contributed by atoms with van der Waals surface area (Å²) in [7, 11) is 0. The van der Waals surface area contributed by atoms with E-state index in [0.717, 1.165) is 5.56 Å². The molecule has 152 valence electrons. The number of esters is 1. The van der Waals surface area contributed by atoms with Gasteiger partial charge in [0.05, 0.1) is 0 Å². The summed E-state index contributed by atoms with van der Waals surface area (Å²) in [6.45, 7) is 7.90. The third-order valence-corrected chi connectivity index (χ3v) is 3.60. The summed E-state index contributed by atoms with van der Waals surface area (Å²) in [6.07, 6.45) is 1.80. The highest BCUT2D eigenvalue weighted by atomic mass is 19.1. The van der Waals surface area contributed by atoms with Crippen molar-refractivity contribution in [3.63, 3.8) is 0 Å². The van der Waals surface area contributed by atoms with Gasteiger partial charge in [-0.3, -0.25) is 4.79 Å². The van der Waals surface area contributed by atoms with Crippen LogP contribution in [0.2, 0.25) is 0 Å². The number of amides is 2. The number of hydrogen-bond donors (Lipinski definition) is 2. The second kappa shape index (κ2) is 12.3. The molecule has 0 heterocycles. The Morgan fingerprint density at radius 2 is 1.86 bits per heavy atom. The summed E-state index contributed by atoms with van der Waals surface area (Å²) < 4.78 is 22.8. The van der Waals surface area contributed by atoms with Crippen LogP contribution in [0.3, 0.4) is 0 Å². The molecule has 0 aliphatic heterocycles. The van der Waals surface area contributed by atoms with Crippen molar-refractivity contribution in [1.29, 1.82) is 0 Å². The summed E-state index contributed by atoms with van der Waals surface area (Å²) >= 11 is 0. The third kappa shape index (κ3) is 8.03. The zero-order valence-corrected chi connectivity index (χ0v) is 15.8. The highest BCUT2D eigenvalue weighted by molar-refractivity contribution is 5.92. The van der Waals surface area contributed by atoms with Crippen molar-refractivity contribution >= 4 is 23.7 Å². The van der Waals surface area contributed by atoms with Gasteiger partial charge in [-0.1, -0.05) is 37.4 Å². The number of nitrogens with one attached hydrogen (secondary N) is 2. The Kier molecular flexibility index (Phi) is 10.0. The Labute approximate surface area is 163 Å². The molecule has 1 atom stereocenters.